The van der Waals surface area contributed by atoms with Gasteiger partial charge in [-0.2, -0.15) is 0 Å². The number of hydrogen-bond acceptors (Lipinski definition) is 4. The Bertz CT molecular complexity index is 518. The summed E-state index contributed by atoms with van der Waals surface area (Å²) < 4.78 is 5.50. The molecule has 4 nitrogen and oxygen atoms in total. The molecule has 0 aliphatic rings. The minimum atomic E-state index is -0.555. The van der Waals surface area contributed by atoms with Gasteiger partial charge < -0.3 is 9.84 Å². The highest BCUT2D eigenvalue weighted by molar-refractivity contribution is 6.29. The fourth-order valence-corrected chi connectivity index (χ4v) is 1.61. The molecule has 0 saturated carbocycles. The number of halogens is 1. The van der Waals surface area contributed by atoms with Gasteiger partial charge in [-0.25, -0.2) is 0 Å². The first kappa shape index (κ1) is 12.8. The number of benzene rings is 1. The predicted molar refractivity (Wildman–Crippen MR) is 69.7 cm³/mol. The molecule has 2 rings (SSSR count). The molecule has 0 aliphatic carbocycles. The molecule has 0 aliphatic heterocycles. The molecule has 0 fully saturated rings. The highest BCUT2D eigenvalue weighted by Gasteiger charge is 2.11. The summed E-state index contributed by atoms with van der Waals surface area (Å²) in [5, 5.41) is 17.4. The molecule has 5 heteroatoms. The SMILES string of the molecule is CC(O)COc1cc(Cl)nnc1-c1ccccc1. The molecule has 1 atom stereocenters. The van der Waals surface area contributed by atoms with Crippen molar-refractivity contribution in [1.82, 2.24) is 10.2 Å². The van der Waals surface area contributed by atoms with Crippen LogP contribution in [0.15, 0.2) is 36.4 Å². The summed E-state index contributed by atoms with van der Waals surface area (Å²) in [5.41, 5.74) is 1.50. The molecule has 0 saturated heterocycles. The molecule has 0 amide bonds. The third kappa shape index (κ3) is 3.18. The van der Waals surface area contributed by atoms with Gasteiger partial charge in [0.15, 0.2) is 10.9 Å². The second kappa shape index (κ2) is 5.80. The number of ether oxygens (including phenoxy) is 1. The van der Waals surface area contributed by atoms with Crippen molar-refractivity contribution in [1.29, 1.82) is 0 Å². The second-order valence-electron chi connectivity index (χ2n) is 3.91. The highest BCUT2D eigenvalue weighted by Crippen LogP contribution is 2.28. The number of aromatic nitrogens is 2. The summed E-state index contributed by atoms with van der Waals surface area (Å²) >= 11 is 5.80. The van der Waals surface area contributed by atoms with Gasteiger partial charge in [-0.1, -0.05) is 41.9 Å². The second-order valence-corrected chi connectivity index (χ2v) is 4.29. The predicted octanol–water partition coefficient (Wildman–Crippen LogP) is 2.56. The topological polar surface area (TPSA) is 55.2 Å². The van der Waals surface area contributed by atoms with E-state index < -0.39 is 6.10 Å². The first-order valence-electron chi connectivity index (χ1n) is 5.56. The van der Waals surface area contributed by atoms with Crippen molar-refractivity contribution in [2.45, 2.75) is 13.0 Å². The number of aliphatic hydroxyl groups is 1. The zero-order chi connectivity index (χ0) is 13.0. The van der Waals surface area contributed by atoms with Crippen LogP contribution in [-0.2, 0) is 0 Å². The molecular weight excluding hydrogens is 252 g/mol. The maximum atomic E-state index is 9.25. The van der Waals surface area contributed by atoms with Crippen molar-refractivity contribution in [3.63, 3.8) is 0 Å². The maximum Gasteiger partial charge on any atom is 0.155 e. The van der Waals surface area contributed by atoms with Crippen molar-refractivity contribution in [3.8, 4) is 17.0 Å². The van der Waals surface area contributed by atoms with Crippen LogP contribution in [0.2, 0.25) is 5.15 Å². The van der Waals surface area contributed by atoms with Crippen LogP contribution < -0.4 is 4.74 Å². The zero-order valence-corrected chi connectivity index (χ0v) is 10.6. The lowest BCUT2D eigenvalue weighted by Gasteiger charge is -2.11. The number of rotatable bonds is 4. The van der Waals surface area contributed by atoms with Gasteiger partial charge in [0.05, 0.1) is 6.10 Å². The average Bonchev–Trinajstić information content (AvgIpc) is 2.37. The number of nitrogens with zero attached hydrogens (tertiary/aromatic N) is 2. The lowest BCUT2D eigenvalue weighted by atomic mass is 10.1. The van der Waals surface area contributed by atoms with Gasteiger partial charge >= 0.3 is 0 Å². The Morgan fingerprint density at radius 1 is 1.28 bits per heavy atom. The van der Waals surface area contributed by atoms with E-state index >= 15 is 0 Å². The number of hydrogen-bond donors (Lipinski definition) is 1. The molecule has 2 aromatic rings. The molecule has 94 valence electrons. The van der Waals surface area contributed by atoms with Crippen LogP contribution in [-0.4, -0.2) is 28.0 Å². The van der Waals surface area contributed by atoms with Crippen LogP contribution >= 0.6 is 11.6 Å². The van der Waals surface area contributed by atoms with E-state index in [2.05, 4.69) is 10.2 Å². The van der Waals surface area contributed by atoms with Crippen LogP contribution in [0.4, 0.5) is 0 Å². The Labute approximate surface area is 110 Å². The van der Waals surface area contributed by atoms with E-state index in [1.165, 1.54) is 0 Å². The van der Waals surface area contributed by atoms with Crippen LogP contribution in [0.25, 0.3) is 11.3 Å². The Hall–Kier alpha value is -1.65. The first-order chi connectivity index (χ1) is 8.66. The van der Waals surface area contributed by atoms with Gasteiger partial charge in [0, 0.05) is 11.6 Å². The molecule has 0 bridgehead atoms. The standard InChI is InChI=1S/C13H13ClN2O2/c1-9(17)8-18-11-7-12(14)15-16-13(11)10-5-3-2-4-6-10/h2-7,9,17H,8H2,1H3. The summed E-state index contributed by atoms with van der Waals surface area (Å²) in [6.45, 7) is 1.83. The third-order valence-corrected chi connectivity index (χ3v) is 2.44. The lowest BCUT2D eigenvalue weighted by Crippen LogP contribution is -2.13. The van der Waals surface area contributed by atoms with Gasteiger partial charge in [-0.3, -0.25) is 0 Å². The first-order valence-corrected chi connectivity index (χ1v) is 5.94. The van der Waals surface area contributed by atoms with Crippen molar-refractivity contribution in [2.24, 2.45) is 0 Å². The van der Waals surface area contributed by atoms with Crippen LogP contribution in [0.5, 0.6) is 5.75 Å². The lowest BCUT2D eigenvalue weighted by molar-refractivity contribution is 0.123. The van der Waals surface area contributed by atoms with E-state index in [0.717, 1.165) is 5.56 Å². The van der Waals surface area contributed by atoms with E-state index in [4.69, 9.17) is 16.3 Å². The fourth-order valence-electron chi connectivity index (χ4n) is 1.47. The molecule has 0 radical (unpaired) electrons. The van der Waals surface area contributed by atoms with E-state index in [0.29, 0.717) is 11.4 Å². The fraction of sp³-hybridized carbons (Fsp3) is 0.231. The highest BCUT2D eigenvalue weighted by atomic mass is 35.5. The summed E-state index contributed by atoms with van der Waals surface area (Å²) in [6.07, 6.45) is -0.555. The zero-order valence-electron chi connectivity index (χ0n) is 9.88. The van der Waals surface area contributed by atoms with E-state index in [1.807, 2.05) is 30.3 Å². The summed E-state index contributed by atoms with van der Waals surface area (Å²) in [4.78, 5) is 0. The average molecular weight is 265 g/mol. The molecular formula is C13H13ClN2O2. The van der Waals surface area contributed by atoms with Crippen LogP contribution in [0.3, 0.4) is 0 Å². The molecule has 1 heterocycles. The third-order valence-electron chi connectivity index (χ3n) is 2.26. The summed E-state index contributed by atoms with van der Waals surface area (Å²) in [5.74, 6) is 0.516. The van der Waals surface area contributed by atoms with Crippen LogP contribution in [0.1, 0.15) is 6.92 Å². The van der Waals surface area contributed by atoms with Crippen molar-refractivity contribution in [2.75, 3.05) is 6.61 Å². The van der Waals surface area contributed by atoms with Gasteiger partial charge in [0.1, 0.15) is 12.3 Å². The Morgan fingerprint density at radius 3 is 2.67 bits per heavy atom. The van der Waals surface area contributed by atoms with Gasteiger partial charge in [-0.05, 0) is 6.92 Å². The molecule has 0 spiro atoms. The molecule has 18 heavy (non-hydrogen) atoms. The maximum absolute atomic E-state index is 9.25. The van der Waals surface area contributed by atoms with Gasteiger partial charge in [-0.15, -0.1) is 10.2 Å². The molecule has 1 aromatic heterocycles. The Morgan fingerprint density at radius 2 is 2.00 bits per heavy atom. The van der Waals surface area contributed by atoms with Crippen molar-refractivity contribution < 1.29 is 9.84 Å². The Kier molecular flexibility index (Phi) is 4.12. The van der Waals surface area contributed by atoms with Gasteiger partial charge in [0.2, 0.25) is 0 Å². The van der Waals surface area contributed by atoms with E-state index in [-0.39, 0.29) is 11.8 Å². The normalized spacial score (nSPS) is 12.2. The van der Waals surface area contributed by atoms with E-state index in [9.17, 15) is 5.11 Å². The van der Waals surface area contributed by atoms with Gasteiger partial charge in [0.25, 0.3) is 0 Å². The summed E-state index contributed by atoms with van der Waals surface area (Å²) in [6, 6.07) is 11.1. The van der Waals surface area contributed by atoms with Crippen molar-refractivity contribution >= 4 is 11.6 Å². The Balaban J connectivity index is 2.35. The van der Waals surface area contributed by atoms with E-state index in [1.54, 1.807) is 13.0 Å². The minimum Gasteiger partial charge on any atom is -0.488 e. The largest absolute Gasteiger partial charge is 0.488 e. The molecule has 1 aromatic carbocycles. The minimum absolute atomic E-state index is 0.182. The van der Waals surface area contributed by atoms with Crippen molar-refractivity contribution in [3.05, 3.63) is 41.6 Å². The quantitative estimate of drug-likeness (QED) is 0.922. The molecule has 1 unspecified atom stereocenters. The number of aliphatic hydroxyl groups excluding tert-OH is 1. The molecule has 1 N–H and O–H groups in total. The van der Waals surface area contributed by atoms with Crippen LogP contribution in [0, 0.1) is 0 Å². The smallest absolute Gasteiger partial charge is 0.155 e. The monoisotopic (exact) mass is 264 g/mol. The summed E-state index contributed by atoms with van der Waals surface area (Å²) in [7, 11) is 0.